The van der Waals surface area contributed by atoms with Gasteiger partial charge in [0.15, 0.2) is 11.5 Å². The number of hydrogen-bond acceptors (Lipinski definition) is 6. The summed E-state index contributed by atoms with van der Waals surface area (Å²) in [5.41, 5.74) is 2.82. The van der Waals surface area contributed by atoms with Crippen molar-refractivity contribution < 1.29 is 19.1 Å². The van der Waals surface area contributed by atoms with E-state index in [0.717, 1.165) is 0 Å². The number of carbonyl (C=O) groups excluding carboxylic acids is 2. The van der Waals surface area contributed by atoms with Crippen molar-refractivity contribution in [1.82, 2.24) is 10.4 Å². The molecule has 8 nitrogen and oxygen atoms in total. The van der Waals surface area contributed by atoms with Crippen LogP contribution in [0.25, 0.3) is 0 Å². The molecule has 1 heterocycles. The molecule has 27 heavy (non-hydrogen) atoms. The Morgan fingerprint density at radius 2 is 2.04 bits per heavy atom. The molecule has 0 aliphatic heterocycles. The van der Waals surface area contributed by atoms with Crippen molar-refractivity contribution in [3.8, 4) is 11.5 Å². The summed E-state index contributed by atoms with van der Waals surface area (Å²) in [6, 6.07) is 10.1. The number of hydrazone groups is 1. The van der Waals surface area contributed by atoms with Gasteiger partial charge in [-0.05, 0) is 42.8 Å². The molecule has 1 aromatic heterocycles. The van der Waals surface area contributed by atoms with Crippen LogP contribution >= 0.6 is 0 Å². The maximum Gasteiger partial charge on any atom is 0.329 e. The second-order valence-corrected chi connectivity index (χ2v) is 5.11. The Kier molecular flexibility index (Phi) is 7.52. The Labute approximate surface area is 156 Å². The van der Waals surface area contributed by atoms with Crippen LogP contribution in [-0.2, 0) is 9.59 Å². The minimum absolute atomic E-state index is 0.276. The molecule has 0 radical (unpaired) electrons. The number of aromatic nitrogens is 1. The highest BCUT2D eigenvalue weighted by Crippen LogP contribution is 2.28. The maximum atomic E-state index is 11.8. The first-order chi connectivity index (χ1) is 13.1. The normalized spacial score (nSPS) is 10.3. The molecule has 0 spiro atoms. The lowest BCUT2D eigenvalue weighted by atomic mass is 10.2. The van der Waals surface area contributed by atoms with Crippen molar-refractivity contribution >= 4 is 23.8 Å². The van der Waals surface area contributed by atoms with Crippen LogP contribution < -0.4 is 20.2 Å². The molecule has 2 aromatic rings. The SMILES string of the molecule is C=CCOc1ccc(/C=N\NC(=O)C(=O)Nc2ccccn2)cc1OCC. The van der Waals surface area contributed by atoms with E-state index in [1.165, 1.54) is 12.4 Å². The fraction of sp³-hybridized carbons (Fsp3) is 0.158. The summed E-state index contributed by atoms with van der Waals surface area (Å²) in [5, 5.41) is 6.14. The van der Waals surface area contributed by atoms with E-state index in [1.807, 2.05) is 6.92 Å². The fourth-order valence-corrected chi connectivity index (χ4v) is 1.97. The van der Waals surface area contributed by atoms with Crippen LogP contribution in [0.2, 0.25) is 0 Å². The Morgan fingerprint density at radius 3 is 2.74 bits per heavy atom. The van der Waals surface area contributed by atoms with Gasteiger partial charge in [-0.25, -0.2) is 10.4 Å². The third-order valence-electron chi connectivity index (χ3n) is 3.12. The lowest BCUT2D eigenvalue weighted by Crippen LogP contribution is -2.32. The van der Waals surface area contributed by atoms with Crippen LogP contribution in [0.4, 0.5) is 5.82 Å². The Bertz CT molecular complexity index is 822. The first kappa shape index (κ1) is 19.6. The minimum atomic E-state index is -0.909. The van der Waals surface area contributed by atoms with Crippen molar-refractivity contribution in [2.75, 3.05) is 18.5 Å². The molecule has 140 valence electrons. The van der Waals surface area contributed by atoms with Gasteiger partial charge in [0.25, 0.3) is 0 Å². The van der Waals surface area contributed by atoms with E-state index in [-0.39, 0.29) is 5.82 Å². The molecule has 0 aliphatic carbocycles. The van der Waals surface area contributed by atoms with E-state index < -0.39 is 11.8 Å². The van der Waals surface area contributed by atoms with Crippen molar-refractivity contribution in [3.63, 3.8) is 0 Å². The van der Waals surface area contributed by atoms with E-state index in [4.69, 9.17) is 9.47 Å². The molecule has 1 aromatic carbocycles. The van der Waals surface area contributed by atoms with Gasteiger partial charge in [-0.2, -0.15) is 5.10 Å². The van der Waals surface area contributed by atoms with Gasteiger partial charge < -0.3 is 14.8 Å². The fourth-order valence-electron chi connectivity index (χ4n) is 1.97. The number of benzene rings is 1. The molecular formula is C19H20N4O4. The smallest absolute Gasteiger partial charge is 0.329 e. The summed E-state index contributed by atoms with van der Waals surface area (Å²) in [5.74, 6) is -0.379. The molecular weight excluding hydrogens is 348 g/mol. The molecule has 0 bridgehead atoms. The average molecular weight is 368 g/mol. The van der Waals surface area contributed by atoms with Gasteiger partial charge in [0.1, 0.15) is 12.4 Å². The summed E-state index contributed by atoms with van der Waals surface area (Å²) >= 11 is 0. The summed E-state index contributed by atoms with van der Waals surface area (Å²) in [6.07, 6.45) is 4.53. The van der Waals surface area contributed by atoms with E-state index in [9.17, 15) is 9.59 Å². The minimum Gasteiger partial charge on any atom is -0.490 e. The molecule has 0 saturated heterocycles. The third-order valence-corrected chi connectivity index (χ3v) is 3.12. The lowest BCUT2D eigenvalue weighted by Gasteiger charge is -2.11. The van der Waals surface area contributed by atoms with Crippen LogP contribution in [0.5, 0.6) is 11.5 Å². The zero-order valence-electron chi connectivity index (χ0n) is 14.8. The highest BCUT2D eigenvalue weighted by atomic mass is 16.5. The number of carbonyl (C=O) groups is 2. The number of hydrogen-bond donors (Lipinski definition) is 2. The number of nitrogens with zero attached hydrogens (tertiary/aromatic N) is 2. The predicted octanol–water partition coefficient (Wildman–Crippen LogP) is 2.13. The van der Waals surface area contributed by atoms with Crippen molar-refractivity contribution in [1.29, 1.82) is 0 Å². The van der Waals surface area contributed by atoms with Gasteiger partial charge in [-0.15, -0.1) is 0 Å². The standard InChI is InChI=1S/C19H20N4O4/c1-3-11-27-15-9-8-14(12-16(15)26-4-2)13-21-23-19(25)18(24)22-17-7-5-6-10-20-17/h3,5-10,12-13H,1,4,11H2,2H3,(H,23,25)(H,20,22,24)/b21-13-. The highest BCUT2D eigenvalue weighted by Gasteiger charge is 2.13. The molecule has 0 fully saturated rings. The summed E-state index contributed by atoms with van der Waals surface area (Å²) in [6.45, 7) is 6.29. The number of anilines is 1. The molecule has 0 aliphatic rings. The summed E-state index contributed by atoms with van der Waals surface area (Å²) in [4.78, 5) is 27.4. The zero-order chi connectivity index (χ0) is 19.5. The zero-order valence-corrected chi connectivity index (χ0v) is 14.8. The number of pyridine rings is 1. The number of nitrogens with one attached hydrogen (secondary N) is 2. The Morgan fingerprint density at radius 1 is 1.19 bits per heavy atom. The highest BCUT2D eigenvalue weighted by molar-refractivity contribution is 6.39. The number of ether oxygens (including phenoxy) is 2. The van der Waals surface area contributed by atoms with Crippen LogP contribution in [0, 0.1) is 0 Å². The number of amides is 2. The number of rotatable bonds is 8. The van der Waals surface area contributed by atoms with Gasteiger partial charge in [0.05, 0.1) is 12.8 Å². The monoisotopic (exact) mass is 368 g/mol. The second kappa shape index (κ2) is 10.3. The molecule has 2 rings (SSSR count). The third kappa shape index (κ3) is 6.28. The van der Waals surface area contributed by atoms with E-state index in [1.54, 1.807) is 42.5 Å². The molecule has 2 amide bonds. The Hall–Kier alpha value is -3.68. The molecule has 2 N–H and O–H groups in total. The van der Waals surface area contributed by atoms with Crippen molar-refractivity contribution in [2.45, 2.75) is 6.92 Å². The quantitative estimate of drug-likeness (QED) is 0.322. The average Bonchev–Trinajstić information content (AvgIpc) is 2.68. The van der Waals surface area contributed by atoms with Crippen molar-refractivity contribution in [3.05, 3.63) is 60.8 Å². The van der Waals surface area contributed by atoms with Crippen LogP contribution in [0.1, 0.15) is 12.5 Å². The maximum absolute atomic E-state index is 11.8. The molecule has 8 heteroatoms. The lowest BCUT2D eigenvalue weighted by molar-refractivity contribution is -0.136. The van der Waals surface area contributed by atoms with Crippen LogP contribution in [-0.4, -0.2) is 36.2 Å². The van der Waals surface area contributed by atoms with Gasteiger partial charge in [-0.3, -0.25) is 9.59 Å². The van der Waals surface area contributed by atoms with Crippen molar-refractivity contribution in [2.24, 2.45) is 5.10 Å². The second-order valence-electron chi connectivity index (χ2n) is 5.11. The van der Waals surface area contributed by atoms with Gasteiger partial charge >= 0.3 is 11.8 Å². The van der Waals surface area contributed by atoms with E-state index in [0.29, 0.717) is 30.3 Å². The summed E-state index contributed by atoms with van der Waals surface area (Å²) in [7, 11) is 0. The predicted molar refractivity (Wildman–Crippen MR) is 102 cm³/mol. The van der Waals surface area contributed by atoms with Gasteiger partial charge in [0.2, 0.25) is 0 Å². The van der Waals surface area contributed by atoms with Gasteiger partial charge in [-0.1, -0.05) is 18.7 Å². The van der Waals surface area contributed by atoms with Crippen LogP contribution in [0.3, 0.4) is 0 Å². The topological polar surface area (TPSA) is 102 Å². The Balaban J connectivity index is 1.96. The summed E-state index contributed by atoms with van der Waals surface area (Å²) < 4.78 is 11.0. The largest absolute Gasteiger partial charge is 0.490 e. The van der Waals surface area contributed by atoms with E-state index in [2.05, 4.69) is 27.4 Å². The first-order valence-electron chi connectivity index (χ1n) is 8.20. The van der Waals surface area contributed by atoms with Crippen LogP contribution in [0.15, 0.2) is 60.4 Å². The molecule has 0 saturated carbocycles. The van der Waals surface area contributed by atoms with E-state index >= 15 is 0 Å². The first-order valence-corrected chi connectivity index (χ1v) is 8.20. The molecule has 0 unspecified atom stereocenters. The molecule has 0 atom stereocenters. The van der Waals surface area contributed by atoms with Gasteiger partial charge in [0, 0.05) is 6.20 Å².